The van der Waals surface area contributed by atoms with Crippen molar-refractivity contribution in [2.75, 3.05) is 0 Å². The zero-order chi connectivity index (χ0) is 32.3. The number of rotatable bonds is 25. The highest BCUT2D eigenvalue weighted by atomic mass is 31.1. The van der Waals surface area contributed by atoms with Crippen LogP contribution >= 0.6 is 18.5 Å². The predicted octanol–water partition coefficient (Wildman–Crippen LogP) is 12.8. The van der Waals surface area contributed by atoms with Gasteiger partial charge in [0.05, 0.1) is 6.10 Å². The highest BCUT2D eigenvalue weighted by Crippen LogP contribution is 2.57. The van der Waals surface area contributed by atoms with Crippen LogP contribution < -0.4 is 0 Å². The van der Waals surface area contributed by atoms with Crippen molar-refractivity contribution in [3.8, 4) is 0 Å². The largest absolute Gasteiger partial charge is 0.490 e. The number of unbranched alkanes of at least 4 members (excludes halogenated alkanes) is 15. The standard InChI is InChI=1S/C39H72O3P2/c1-6-25-35-31-36(30-33(4)38(35)28-23-24-29-38)41-34(5)39(43,44)42-37(40)27-22-20-18-16-14-12-10-8-7-9-11-13-15-17-19-21-26-32(2)3/h33,35-36H,2,5-31,43-44H2,1,3-4H3. The molecule has 2 saturated carbocycles. The number of allylic oxidation sites excluding steroid dienone is 1. The van der Waals surface area contributed by atoms with E-state index in [9.17, 15) is 4.79 Å². The van der Waals surface area contributed by atoms with Crippen LogP contribution in [0.2, 0.25) is 0 Å². The molecule has 0 amide bonds. The monoisotopic (exact) mass is 650 g/mol. The lowest BCUT2D eigenvalue weighted by atomic mass is 9.58. The molecule has 2 aliphatic carbocycles. The van der Waals surface area contributed by atoms with E-state index in [1.165, 1.54) is 140 Å². The van der Waals surface area contributed by atoms with E-state index < -0.39 is 5.08 Å². The summed E-state index contributed by atoms with van der Waals surface area (Å²) in [5.41, 5.74) is 1.85. The lowest BCUT2D eigenvalue weighted by Crippen LogP contribution is -2.44. The van der Waals surface area contributed by atoms with Gasteiger partial charge in [0.25, 0.3) is 0 Å². The maximum absolute atomic E-state index is 12.6. The van der Waals surface area contributed by atoms with Crippen LogP contribution in [0.3, 0.4) is 0 Å². The fourth-order valence-corrected chi connectivity index (χ4v) is 8.62. The molecule has 2 rings (SSSR count). The Balaban J connectivity index is 1.47. The summed E-state index contributed by atoms with van der Waals surface area (Å²) in [6.07, 6.45) is 33.2. The molecule has 5 atom stereocenters. The van der Waals surface area contributed by atoms with Gasteiger partial charge in [0.1, 0.15) is 5.76 Å². The van der Waals surface area contributed by atoms with E-state index in [2.05, 4.69) is 52.4 Å². The fourth-order valence-electron chi connectivity index (χ4n) is 8.22. The van der Waals surface area contributed by atoms with Gasteiger partial charge in [-0.05, 0) is 69.1 Å². The first-order valence-electron chi connectivity index (χ1n) is 18.9. The van der Waals surface area contributed by atoms with Crippen molar-refractivity contribution in [2.45, 2.75) is 199 Å². The van der Waals surface area contributed by atoms with Crippen LogP contribution in [-0.4, -0.2) is 17.2 Å². The molecule has 5 heteroatoms. The Morgan fingerprint density at radius 2 is 1.23 bits per heavy atom. The van der Waals surface area contributed by atoms with Crippen molar-refractivity contribution in [1.29, 1.82) is 0 Å². The second-order valence-electron chi connectivity index (χ2n) is 14.8. The SMILES string of the molecule is C=C(C)CCCCCCCCCCCCCCCCCCC(=O)OC(P)(P)C(=C)OC1CC(C)C2(CCCC2)C(CCC)C1. The fraction of sp³-hybridized carbons (Fsp3) is 0.872. The first-order valence-corrected chi connectivity index (χ1v) is 20.1. The molecule has 5 unspecified atom stereocenters. The molecule has 0 N–H and O–H groups in total. The van der Waals surface area contributed by atoms with Crippen molar-refractivity contribution < 1.29 is 14.3 Å². The summed E-state index contributed by atoms with van der Waals surface area (Å²) >= 11 is 0. The van der Waals surface area contributed by atoms with Gasteiger partial charge in [0.15, 0.2) is 5.08 Å². The summed E-state index contributed by atoms with van der Waals surface area (Å²) in [4.78, 5) is 12.6. The van der Waals surface area contributed by atoms with Crippen LogP contribution in [0.4, 0.5) is 0 Å². The second-order valence-corrected chi connectivity index (χ2v) is 17.2. The number of hydrogen-bond donors (Lipinski definition) is 0. The molecule has 0 aromatic heterocycles. The summed E-state index contributed by atoms with van der Waals surface area (Å²) in [5, 5.41) is -0.951. The molecular formula is C39H72O3P2. The van der Waals surface area contributed by atoms with Crippen LogP contribution in [0.15, 0.2) is 24.5 Å². The first-order chi connectivity index (χ1) is 21.1. The van der Waals surface area contributed by atoms with Crippen LogP contribution in [0, 0.1) is 17.3 Å². The van der Waals surface area contributed by atoms with Crippen LogP contribution in [-0.2, 0) is 14.3 Å². The average Bonchev–Trinajstić information content (AvgIpc) is 3.46. The first kappa shape index (κ1) is 39.8. The molecule has 0 heterocycles. The van der Waals surface area contributed by atoms with E-state index in [4.69, 9.17) is 9.47 Å². The smallest absolute Gasteiger partial charge is 0.307 e. The van der Waals surface area contributed by atoms with E-state index in [-0.39, 0.29) is 12.1 Å². The predicted molar refractivity (Wildman–Crippen MR) is 198 cm³/mol. The molecule has 0 aliphatic heterocycles. The molecule has 0 aromatic carbocycles. The normalized spacial score (nSPS) is 21.4. The van der Waals surface area contributed by atoms with Gasteiger partial charge in [-0.25, -0.2) is 0 Å². The van der Waals surface area contributed by atoms with E-state index in [0.29, 0.717) is 23.5 Å². The molecule has 256 valence electrons. The highest BCUT2D eigenvalue weighted by molar-refractivity contribution is 7.40. The van der Waals surface area contributed by atoms with E-state index in [1.807, 2.05) is 0 Å². The summed E-state index contributed by atoms with van der Waals surface area (Å²) in [6.45, 7) is 15.1. The summed E-state index contributed by atoms with van der Waals surface area (Å²) in [5.74, 6) is 1.79. The Bertz CT molecular complexity index is 816. The van der Waals surface area contributed by atoms with Crippen molar-refractivity contribution in [3.63, 3.8) is 0 Å². The number of carbonyl (C=O) groups is 1. The Kier molecular flexibility index (Phi) is 20.1. The average molecular weight is 651 g/mol. The third-order valence-electron chi connectivity index (χ3n) is 10.9. The number of ether oxygens (including phenoxy) is 2. The Morgan fingerprint density at radius 1 is 0.773 bits per heavy atom. The van der Waals surface area contributed by atoms with Gasteiger partial charge in [-0.3, -0.25) is 4.79 Å². The lowest BCUT2D eigenvalue weighted by Gasteiger charge is -2.49. The summed E-state index contributed by atoms with van der Waals surface area (Å²) < 4.78 is 12.3. The molecule has 44 heavy (non-hydrogen) atoms. The topological polar surface area (TPSA) is 35.5 Å². The van der Waals surface area contributed by atoms with Gasteiger partial charge < -0.3 is 9.47 Å². The van der Waals surface area contributed by atoms with Crippen molar-refractivity contribution >= 4 is 24.4 Å². The van der Waals surface area contributed by atoms with Crippen molar-refractivity contribution in [3.05, 3.63) is 24.5 Å². The second kappa shape index (κ2) is 22.2. The van der Waals surface area contributed by atoms with Gasteiger partial charge in [0.2, 0.25) is 0 Å². The Hall–Kier alpha value is -0.390. The quantitative estimate of drug-likeness (QED) is 0.0324. The van der Waals surface area contributed by atoms with Crippen LogP contribution in [0.1, 0.15) is 188 Å². The van der Waals surface area contributed by atoms with E-state index in [0.717, 1.165) is 31.6 Å². The molecule has 2 fully saturated rings. The third-order valence-corrected chi connectivity index (χ3v) is 11.8. The number of esters is 1. The molecule has 0 radical (unpaired) electrons. The third kappa shape index (κ3) is 15.0. The van der Waals surface area contributed by atoms with Crippen LogP contribution in [0.25, 0.3) is 0 Å². The van der Waals surface area contributed by atoms with Gasteiger partial charge in [0, 0.05) is 6.42 Å². The minimum Gasteiger partial charge on any atom is -0.490 e. The Labute approximate surface area is 278 Å². The molecule has 3 nitrogen and oxygen atoms in total. The number of hydrogen-bond acceptors (Lipinski definition) is 3. The van der Waals surface area contributed by atoms with Gasteiger partial charge in [-0.2, -0.15) is 0 Å². The maximum Gasteiger partial charge on any atom is 0.307 e. The molecule has 1 spiro atoms. The molecule has 2 aliphatic rings. The Morgan fingerprint density at radius 3 is 1.68 bits per heavy atom. The molecule has 0 aromatic rings. The zero-order valence-electron chi connectivity index (χ0n) is 29.4. The molecular weight excluding hydrogens is 578 g/mol. The zero-order valence-corrected chi connectivity index (χ0v) is 31.7. The molecule has 0 saturated heterocycles. The maximum atomic E-state index is 12.6. The minimum absolute atomic E-state index is 0.159. The van der Waals surface area contributed by atoms with Gasteiger partial charge >= 0.3 is 5.97 Å². The van der Waals surface area contributed by atoms with Gasteiger partial charge in [-0.1, -0.05) is 160 Å². The summed E-state index contributed by atoms with van der Waals surface area (Å²) in [6, 6.07) is 0. The number of carbonyl (C=O) groups excluding carboxylic acids is 1. The molecule has 0 bridgehead atoms. The van der Waals surface area contributed by atoms with Crippen molar-refractivity contribution in [2.24, 2.45) is 17.3 Å². The van der Waals surface area contributed by atoms with Crippen LogP contribution in [0.5, 0.6) is 0 Å². The van der Waals surface area contributed by atoms with E-state index >= 15 is 0 Å². The summed E-state index contributed by atoms with van der Waals surface area (Å²) in [7, 11) is 5.30. The highest BCUT2D eigenvalue weighted by Gasteiger charge is 2.49. The van der Waals surface area contributed by atoms with Gasteiger partial charge in [-0.15, -0.1) is 6.58 Å². The minimum atomic E-state index is -0.951. The van der Waals surface area contributed by atoms with E-state index in [1.54, 1.807) is 0 Å². The lowest BCUT2D eigenvalue weighted by molar-refractivity contribution is -0.148. The van der Waals surface area contributed by atoms with Crippen molar-refractivity contribution in [1.82, 2.24) is 0 Å².